The molecule has 0 spiro atoms. The lowest BCUT2D eigenvalue weighted by molar-refractivity contribution is -0.671. The van der Waals surface area contributed by atoms with Gasteiger partial charge in [0.2, 0.25) is 12.7 Å². The minimum absolute atomic E-state index is 0.0792. The fraction of sp³-hybridized carbons (Fsp3) is 0.385. The molecule has 0 aliphatic heterocycles. The number of rotatable bonds is 8. The molecule has 2 heterocycles. The third kappa shape index (κ3) is 9.67. The van der Waals surface area contributed by atoms with Crippen LogP contribution in [-0.2, 0) is 47.4 Å². The average molecular weight is 565 g/mol. The van der Waals surface area contributed by atoms with Crippen molar-refractivity contribution in [3.05, 3.63) is 73.8 Å². The Balaban J connectivity index is 0.000000216. The molecule has 0 saturated carbocycles. The number of benzene rings is 2. The Morgan fingerprint density at radius 1 is 0.684 bits per heavy atom. The van der Waals surface area contributed by atoms with Crippen molar-refractivity contribution in [3.8, 4) is 0 Å². The maximum absolute atomic E-state index is 11.0. The second-order valence-electron chi connectivity index (χ2n) is 8.86. The van der Waals surface area contributed by atoms with Crippen LogP contribution in [0, 0.1) is 0 Å². The van der Waals surface area contributed by atoms with E-state index in [0.29, 0.717) is 0 Å². The first-order valence-corrected chi connectivity index (χ1v) is 15.1. The van der Waals surface area contributed by atoms with Gasteiger partial charge < -0.3 is 9.11 Å². The Morgan fingerprint density at radius 3 is 1.32 bits per heavy atom. The summed E-state index contributed by atoms with van der Waals surface area (Å²) in [4.78, 5) is -1.10. The maximum atomic E-state index is 11.0. The number of aromatic nitrogens is 4. The number of imidazole rings is 2. The molecule has 0 atom stereocenters. The van der Waals surface area contributed by atoms with Gasteiger partial charge >= 0.3 is 0 Å². The molecule has 0 unspecified atom stereocenters. The van der Waals surface area contributed by atoms with Crippen LogP contribution in [0.25, 0.3) is 10.8 Å². The molecule has 12 heteroatoms. The molecule has 10 nitrogen and oxygen atoms in total. The van der Waals surface area contributed by atoms with Crippen LogP contribution < -0.4 is 9.13 Å². The minimum Gasteiger partial charge on any atom is -0.744 e. The first kappa shape index (κ1) is 31.2. The molecule has 2 aromatic heterocycles. The van der Waals surface area contributed by atoms with Crippen molar-refractivity contribution < 1.29 is 35.1 Å². The van der Waals surface area contributed by atoms with E-state index >= 15 is 0 Å². The van der Waals surface area contributed by atoms with Crippen molar-refractivity contribution in [3.63, 3.8) is 0 Å². The van der Waals surface area contributed by atoms with Gasteiger partial charge in [0, 0.05) is 10.8 Å². The SMILES string of the molecule is CCCCn1cc[n+](C)c1.CCCCn1cc[n+](C)c1.O=S(=O)([O-])c1cccc2c(S(=O)(=O)[O-])cccc12. The highest BCUT2D eigenvalue weighted by Crippen LogP contribution is 2.27. The molecular weight excluding hydrogens is 528 g/mol. The van der Waals surface area contributed by atoms with Gasteiger partial charge in [-0.25, -0.2) is 35.1 Å². The molecule has 208 valence electrons. The smallest absolute Gasteiger partial charge is 0.243 e. The lowest BCUT2D eigenvalue weighted by Crippen LogP contribution is -2.23. The molecule has 0 aliphatic rings. The Labute approximate surface area is 225 Å². The summed E-state index contributed by atoms with van der Waals surface area (Å²) in [5, 5.41) is -0.158. The first-order valence-electron chi connectivity index (χ1n) is 12.3. The van der Waals surface area contributed by atoms with Gasteiger partial charge in [-0.2, -0.15) is 0 Å². The number of hydrogen-bond acceptors (Lipinski definition) is 6. The molecule has 0 amide bonds. The number of aryl methyl sites for hydroxylation is 4. The van der Waals surface area contributed by atoms with E-state index in [1.807, 2.05) is 14.1 Å². The highest BCUT2D eigenvalue weighted by atomic mass is 32.2. The van der Waals surface area contributed by atoms with Gasteiger partial charge in [0.05, 0.1) is 37.0 Å². The zero-order chi connectivity index (χ0) is 28.3. The van der Waals surface area contributed by atoms with Crippen LogP contribution in [0.5, 0.6) is 0 Å². The van der Waals surface area contributed by atoms with Crippen molar-refractivity contribution in [1.29, 1.82) is 0 Å². The normalized spacial score (nSPS) is 11.4. The number of fused-ring (bicyclic) bond motifs is 1. The Bertz CT molecular complexity index is 1410. The molecule has 0 radical (unpaired) electrons. The molecule has 0 saturated heterocycles. The summed E-state index contributed by atoms with van der Waals surface area (Å²) in [7, 11) is -5.39. The van der Waals surface area contributed by atoms with E-state index in [9.17, 15) is 25.9 Å². The summed E-state index contributed by atoms with van der Waals surface area (Å²) >= 11 is 0. The molecule has 0 fully saturated rings. The molecular formula is C26H36N4O6S2. The fourth-order valence-corrected chi connectivity index (χ4v) is 5.02. The molecule has 4 aromatic rings. The van der Waals surface area contributed by atoms with E-state index in [2.05, 4.69) is 69.6 Å². The summed E-state index contributed by atoms with van der Waals surface area (Å²) in [6.07, 6.45) is 17.6. The van der Waals surface area contributed by atoms with Gasteiger partial charge in [-0.15, -0.1) is 0 Å². The predicted octanol–water partition coefficient (Wildman–Crippen LogP) is 2.87. The standard InChI is InChI=1S/C10H8O6S2.2C8H15N2/c11-17(12,13)9-5-1-3-7-8(9)4-2-6-10(7)18(14,15)16;2*1-3-4-5-10-7-6-9(2)8-10/h1-6H,(H,11,12,13)(H,14,15,16);2*6-8H,3-5H2,1-2H3/q;2*+1/p-2. The largest absolute Gasteiger partial charge is 0.744 e. The Hall–Kier alpha value is -3.06. The second kappa shape index (κ2) is 14.2. The fourth-order valence-electron chi connectivity index (χ4n) is 3.64. The summed E-state index contributed by atoms with van der Waals surface area (Å²) in [6.45, 7) is 6.72. The summed E-state index contributed by atoms with van der Waals surface area (Å²) in [6, 6.07) is 7.09. The van der Waals surface area contributed by atoms with Crippen molar-refractivity contribution in [1.82, 2.24) is 9.13 Å². The number of unbranched alkanes of at least 4 members (excludes halogenated alkanes) is 2. The third-order valence-electron chi connectivity index (χ3n) is 5.57. The van der Waals surface area contributed by atoms with Gasteiger partial charge in [-0.1, -0.05) is 51.0 Å². The number of nitrogens with zero attached hydrogens (tertiary/aromatic N) is 4. The van der Waals surface area contributed by atoms with E-state index in [-0.39, 0.29) is 10.8 Å². The monoisotopic (exact) mass is 564 g/mol. The first-order chi connectivity index (χ1) is 17.9. The highest BCUT2D eigenvalue weighted by molar-refractivity contribution is 7.86. The van der Waals surface area contributed by atoms with Gasteiger partial charge in [0.25, 0.3) is 0 Å². The second-order valence-corrected chi connectivity index (χ2v) is 11.6. The molecule has 0 bridgehead atoms. The molecule has 0 aliphatic carbocycles. The van der Waals surface area contributed by atoms with E-state index < -0.39 is 30.0 Å². The zero-order valence-corrected chi connectivity index (χ0v) is 23.9. The summed E-state index contributed by atoms with van der Waals surface area (Å²) in [5.74, 6) is 0. The van der Waals surface area contributed by atoms with E-state index in [0.717, 1.165) is 25.2 Å². The third-order valence-corrected chi connectivity index (χ3v) is 7.36. The van der Waals surface area contributed by atoms with Gasteiger partial charge in [-0.05, 0) is 25.0 Å². The maximum Gasteiger partial charge on any atom is 0.243 e. The number of hydrogen-bond donors (Lipinski definition) is 0. The Kier molecular flexibility index (Phi) is 11.6. The quantitative estimate of drug-likeness (QED) is 0.239. The lowest BCUT2D eigenvalue weighted by atomic mass is 10.1. The molecule has 0 N–H and O–H groups in total. The van der Waals surface area contributed by atoms with Crippen LogP contribution in [0.3, 0.4) is 0 Å². The molecule has 38 heavy (non-hydrogen) atoms. The highest BCUT2D eigenvalue weighted by Gasteiger charge is 2.12. The van der Waals surface area contributed by atoms with Crippen molar-refractivity contribution in [2.75, 3.05) is 0 Å². The molecule has 2 aromatic carbocycles. The van der Waals surface area contributed by atoms with Gasteiger partial charge in [0.15, 0.2) is 0 Å². The van der Waals surface area contributed by atoms with E-state index in [1.54, 1.807) is 0 Å². The predicted molar refractivity (Wildman–Crippen MR) is 141 cm³/mol. The lowest BCUT2D eigenvalue weighted by Gasteiger charge is -2.14. The van der Waals surface area contributed by atoms with Crippen molar-refractivity contribution in [2.24, 2.45) is 14.1 Å². The van der Waals surface area contributed by atoms with Gasteiger partial charge in [-0.3, -0.25) is 0 Å². The zero-order valence-electron chi connectivity index (χ0n) is 22.2. The van der Waals surface area contributed by atoms with Crippen molar-refractivity contribution >= 4 is 31.0 Å². The average Bonchev–Trinajstić information content (AvgIpc) is 3.47. The van der Waals surface area contributed by atoms with E-state index in [1.165, 1.54) is 49.9 Å². The van der Waals surface area contributed by atoms with Crippen LogP contribution in [0.1, 0.15) is 39.5 Å². The van der Waals surface area contributed by atoms with Crippen molar-refractivity contribution in [2.45, 2.75) is 62.4 Å². The summed E-state index contributed by atoms with van der Waals surface area (Å²) in [5.41, 5.74) is 0. The topological polar surface area (TPSA) is 132 Å². The van der Waals surface area contributed by atoms with E-state index in [4.69, 9.17) is 0 Å². The summed E-state index contributed by atoms with van der Waals surface area (Å²) < 4.78 is 74.7. The van der Waals surface area contributed by atoms with Crippen LogP contribution in [0.15, 0.2) is 83.6 Å². The van der Waals surface area contributed by atoms with Crippen LogP contribution in [0.4, 0.5) is 0 Å². The van der Waals surface area contributed by atoms with Crippen LogP contribution in [0.2, 0.25) is 0 Å². The Morgan fingerprint density at radius 2 is 1.05 bits per heavy atom. The van der Waals surface area contributed by atoms with Gasteiger partial charge in [0.1, 0.15) is 45.0 Å². The molecule has 4 rings (SSSR count). The van der Waals surface area contributed by atoms with Crippen LogP contribution in [-0.4, -0.2) is 35.1 Å². The van der Waals surface area contributed by atoms with Crippen LogP contribution >= 0.6 is 0 Å². The minimum atomic E-state index is -4.74.